The quantitative estimate of drug-likeness (QED) is 0.720. The van der Waals surface area contributed by atoms with Crippen molar-refractivity contribution < 1.29 is 28.7 Å². The molecule has 0 aliphatic carbocycles. The van der Waals surface area contributed by atoms with Crippen molar-refractivity contribution in [3.8, 4) is 11.5 Å². The molecule has 9 nitrogen and oxygen atoms in total. The summed E-state index contributed by atoms with van der Waals surface area (Å²) < 4.78 is 11.0. The van der Waals surface area contributed by atoms with Gasteiger partial charge in [-0.05, 0) is 37.3 Å². The first-order valence-electron chi connectivity index (χ1n) is 10.2. The summed E-state index contributed by atoms with van der Waals surface area (Å²) >= 11 is 0. The van der Waals surface area contributed by atoms with Crippen molar-refractivity contribution in [1.82, 2.24) is 0 Å². The summed E-state index contributed by atoms with van der Waals surface area (Å²) in [4.78, 5) is 51.7. The number of likely N-dealkylation sites (N-methyl/N-ethyl adjacent to an activating group) is 2. The van der Waals surface area contributed by atoms with Crippen LogP contribution < -0.4 is 24.6 Å². The highest BCUT2D eigenvalue weighted by molar-refractivity contribution is 6.04. The van der Waals surface area contributed by atoms with E-state index in [9.17, 15) is 19.2 Å². The van der Waals surface area contributed by atoms with Crippen molar-refractivity contribution in [3.63, 3.8) is 0 Å². The summed E-state index contributed by atoms with van der Waals surface area (Å²) in [7, 11) is 3.30. The first-order valence-corrected chi connectivity index (χ1v) is 10.2. The van der Waals surface area contributed by atoms with E-state index in [-0.39, 0.29) is 43.0 Å². The number of nitrogens with one attached hydrogen (secondary N) is 1. The third kappa shape index (κ3) is 4.01. The zero-order valence-electron chi connectivity index (χ0n) is 18.0. The van der Waals surface area contributed by atoms with E-state index in [1.54, 1.807) is 57.4 Å². The van der Waals surface area contributed by atoms with Gasteiger partial charge in [0.25, 0.3) is 11.8 Å². The van der Waals surface area contributed by atoms with Crippen molar-refractivity contribution >= 4 is 40.6 Å². The van der Waals surface area contributed by atoms with Gasteiger partial charge in [0.1, 0.15) is 11.5 Å². The summed E-state index contributed by atoms with van der Waals surface area (Å²) in [5.41, 5.74) is 2.08. The molecule has 3 amide bonds. The Bertz CT molecular complexity index is 1130. The minimum absolute atomic E-state index is 0.00540. The number of amides is 3. The second-order valence-corrected chi connectivity index (χ2v) is 7.74. The van der Waals surface area contributed by atoms with Gasteiger partial charge in [0, 0.05) is 44.3 Å². The van der Waals surface area contributed by atoms with Crippen molar-refractivity contribution in [2.24, 2.45) is 0 Å². The van der Waals surface area contributed by atoms with E-state index in [1.165, 1.54) is 9.80 Å². The van der Waals surface area contributed by atoms with Crippen molar-refractivity contribution in [2.45, 2.75) is 25.9 Å². The Kier molecular flexibility index (Phi) is 5.56. The van der Waals surface area contributed by atoms with Crippen LogP contribution in [0.25, 0.3) is 0 Å². The van der Waals surface area contributed by atoms with Crippen LogP contribution in [0, 0.1) is 0 Å². The van der Waals surface area contributed by atoms with E-state index >= 15 is 0 Å². The van der Waals surface area contributed by atoms with Crippen LogP contribution in [-0.4, -0.2) is 50.3 Å². The Morgan fingerprint density at radius 1 is 1.00 bits per heavy atom. The minimum atomic E-state index is -0.576. The molecule has 2 aliphatic heterocycles. The molecule has 0 radical (unpaired) electrons. The average Bonchev–Trinajstić information content (AvgIpc) is 2.78. The first kappa shape index (κ1) is 21.4. The van der Waals surface area contributed by atoms with E-state index in [1.807, 2.05) is 0 Å². The third-order valence-electron chi connectivity index (χ3n) is 5.53. The normalized spacial score (nSPS) is 17.2. The van der Waals surface area contributed by atoms with Gasteiger partial charge in [-0.15, -0.1) is 0 Å². The summed E-state index contributed by atoms with van der Waals surface area (Å²) in [5, 5.41) is 2.75. The summed E-state index contributed by atoms with van der Waals surface area (Å²) in [6, 6.07) is 9.92. The molecule has 2 aromatic carbocycles. The number of hydrogen-bond acceptors (Lipinski definition) is 6. The second kappa shape index (κ2) is 8.33. The van der Waals surface area contributed by atoms with Gasteiger partial charge in [0.05, 0.1) is 11.4 Å². The lowest BCUT2D eigenvalue weighted by atomic mass is 10.0. The number of ether oxygens (including phenoxy) is 2. The lowest BCUT2D eigenvalue weighted by molar-refractivity contribution is -0.125. The van der Waals surface area contributed by atoms with E-state index in [0.29, 0.717) is 34.1 Å². The standard InChI is InChI=1S/C23H23N3O6/c1-13-23(30)26(3)17-10-14(4-8-19(17)32-13)18(27)7-9-21(28)24-15-5-6-16-20(11-15)31-12-22(29)25(16)2/h4-6,8,10-11,13H,7,9,12H2,1-3H3,(H,24,28). The Balaban J connectivity index is 1.37. The first-order chi connectivity index (χ1) is 15.2. The Hall–Kier alpha value is -3.88. The van der Waals surface area contributed by atoms with Crippen molar-refractivity contribution in [1.29, 1.82) is 0 Å². The topological polar surface area (TPSA) is 105 Å². The molecule has 2 heterocycles. The number of Topliss-reactive ketones (excluding diaryl/α,β-unsaturated/α-hetero) is 1. The van der Waals surface area contributed by atoms with Gasteiger partial charge in [-0.3, -0.25) is 19.2 Å². The molecule has 1 atom stereocenters. The molecule has 0 bridgehead atoms. The maximum absolute atomic E-state index is 12.6. The highest BCUT2D eigenvalue weighted by Crippen LogP contribution is 2.35. The summed E-state index contributed by atoms with van der Waals surface area (Å²) in [5.74, 6) is 0.177. The van der Waals surface area contributed by atoms with Crippen molar-refractivity contribution in [3.05, 3.63) is 42.0 Å². The van der Waals surface area contributed by atoms with Crippen LogP contribution >= 0.6 is 0 Å². The number of ketones is 1. The van der Waals surface area contributed by atoms with Crippen LogP contribution in [-0.2, 0) is 14.4 Å². The van der Waals surface area contributed by atoms with Gasteiger partial charge in [0.15, 0.2) is 18.5 Å². The van der Waals surface area contributed by atoms with Crippen LogP contribution in [0.2, 0.25) is 0 Å². The molecule has 1 unspecified atom stereocenters. The largest absolute Gasteiger partial charge is 0.481 e. The van der Waals surface area contributed by atoms with E-state index < -0.39 is 6.10 Å². The highest BCUT2D eigenvalue weighted by Gasteiger charge is 2.29. The van der Waals surface area contributed by atoms with Gasteiger partial charge >= 0.3 is 0 Å². The lowest BCUT2D eigenvalue weighted by Crippen LogP contribution is -2.42. The molecule has 0 aromatic heterocycles. The summed E-state index contributed by atoms with van der Waals surface area (Å²) in [6.45, 7) is 1.62. The number of benzene rings is 2. The highest BCUT2D eigenvalue weighted by atomic mass is 16.5. The molecular formula is C23H23N3O6. The zero-order valence-corrected chi connectivity index (χ0v) is 18.0. The van der Waals surface area contributed by atoms with E-state index in [4.69, 9.17) is 9.47 Å². The summed E-state index contributed by atoms with van der Waals surface area (Å²) in [6.07, 6.45) is -0.570. The monoisotopic (exact) mass is 437 g/mol. The maximum Gasteiger partial charge on any atom is 0.267 e. The molecule has 0 spiro atoms. The van der Waals surface area contributed by atoms with Gasteiger partial charge < -0.3 is 24.6 Å². The molecule has 9 heteroatoms. The lowest BCUT2D eigenvalue weighted by Gasteiger charge is -2.30. The Labute approximate surface area is 184 Å². The van der Waals surface area contributed by atoms with Gasteiger partial charge in [-0.1, -0.05) is 0 Å². The number of hydrogen-bond donors (Lipinski definition) is 1. The smallest absolute Gasteiger partial charge is 0.267 e. The molecular weight excluding hydrogens is 414 g/mol. The molecule has 2 aromatic rings. The van der Waals surface area contributed by atoms with Gasteiger partial charge in [-0.2, -0.15) is 0 Å². The van der Waals surface area contributed by atoms with E-state index in [0.717, 1.165) is 0 Å². The molecule has 1 N–H and O–H groups in total. The molecule has 32 heavy (non-hydrogen) atoms. The molecule has 0 saturated carbocycles. The van der Waals surface area contributed by atoms with Crippen LogP contribution in [0.15, 0.2) is 36.4 Å². The van der Waals surface area contributed by atoms with Crippen LogP contribution in [0.5, 0.6) is 11.5 Å². The fourth-order valence-electron chi connectivity index (χ4n) is 3.64. The number of fused-ring (bicyclic) bond motifs is 2. The van der Waals surface area contributed by atoms with Crippen LogP contribution in [0.3, 0.4) is 0 Å². The fraction of sp³-hybridized carbons (Fsp3) is 0.304. The van der Waals surface area contributed by atoms with E-state index in [2.05, 4.69) is 5.32 Å². The number of anilines is 3. The van der Waals surface area contributed by atoms with Gasteiger partial charge in [-0.25, -0.2) is 0 Å². The van der Waals surface area contributed by atoms with Crippen LogP contribution in [0.4, 0.5) is 17.1 Å². The Morgan fingerprint density at radius 3 is 2.56 bits per heavy atom. The average molecular weight is 437 g/mol. The molecule has 0 fully saturated rings. The molecule has 166 valence electrons. The SMILES string of the molecule is CC1Oc2ccc(C(=O)CCC(=O)Nc3ccc4c(c3)OCC(=O)N4C)cc2N(C)C1=O. The third-order valence-corrected chi connectivity index (χ3v) is 5.53. The fourth-order valence-corrected chi connectivity index (χ4v) is 3.64. The second-order valence-electron chi connectivity index (χ2n) is 7.74. The molecule has 0 saturated heterocycles. The number of rotatable bonds is 5. The predicted octanol–water partition coefficient (Wildman–Crippen LogP) is 2.39. The predicted molar refractivity (Wildman–Crippen MR) is 117 cm³/mol. The Morgan fingerprint density at radius 2 is 1.78 bits per heavy atom. The number of carbonyl (C=O) groups is 4. The number of nitrogens with zero attached hydrogens (tertiary/aromatic N) is 2. The maximum atomic E-state index is 12.6. The van der Waals surface area contributed by atoms with Gasteiger partial charge in [0.2, 0.25) is 5.91 Å². The number of carbonyl (C=O) groups excluding carboxylic acids is 4. The minimum Gasteiger partial charge on any atom is -0.481 e. The molecule has 4 rings (SSSR count). The van der Waals surface area contributed by atoms with Crippen molar-refractivity contribution in [2.75, 3.05) is 35.8 Å². The zero-order chi connectivity index (χ0) is 23.0. The van der Waals surface area contributed by atoms with Crippen LogP contribution in [0.1, 0.15) is 30.1 Å². The molecule has 2 aliphatic rings.